The van der Waals surface area contributed by atoms with E-state index in [1.54, 1.807) is 26.0 Å². The molecule has 348 valence electrons. The average molecular weight is 875 g/mol. The molecule has 1 aromatic carbocycles. The molecule has 62 heavy (non-hydrogen) atoms. The number of carbonyl (C=O) groups excluding carboxylic acids is 7. The first kappa shape index (κ1) is 53.8. The maximum absolute atomic E-state index is 14.1. The van der Waals surface area contributed by atoms with Gasteiger partial charge in [-0.3, -0.25) is 43.5 Å². The molecule has 0 saturated carbocycles. The number of phenols is 1. The Morgan fingerprint density at radius 2 is 1.03 bits per heavy atom. The highest BCUT2D eigenvalue weighted by Crippen LogP contribution is 2.14. The van der Waals surface area contributed by atoms with Gasteiger partial charge in [-0.05, 0) is 87.4 Å². The molecule has 0 aliphatic carbocycles. The third kappa shape index (κ3) is 21.9. The lowest BCUT2D eigenvalue weighted by molar-refractivity contribution is -0.136. The third-order valence-electron chi connectivity index (χ3n) is 9.42. The topological polar surface area (TPSA) is 393 Å². The zero-order valence-corrected chi connectivity index (χ0v) is 36.6. The number of nitrogens with zero attached hydrogens (tertiary/aromatic N) is 2. The molecule has 1 aromatic rings. The number of amides is 7. The predicted molar refractivity (Wildman–Crippen MR) is 235 cm³/mol. The van der Waals surface area contributed by atoms with Crippen molar-refractivity contribution in [2.45, 2.75) is 129 Å². The van der Waals surface area contributed by atoms with Crippen molar-refractivity contribution in [2.24, 2.45) is 56.2 Å². The number of primary amides is 1. The molecule has 22 heteroatoms. The second-order valence-electron chi connectivity index (χ2n) is 15.8. The van der Waals surface area contributed by atoms with Gasteiger partial charge in [-0.25, -0.2) is 0 Å². The van der Waals surface area contributed by atoms with Gasteiger partial charge in [0, 0.05) is 26.4 Å². The largest absolute Gasteiger partial charge is 0.508 e. The summed E-state index contributed by atoms with van der Waals surface area (Å²) in [6.07, 6.45) is 1.96. The van der Waals surface area contributed by atoms with E-state index < -0.39 is 83.5 Å². The van der Waals surface area contributed by atoms with Crippen LogP contribution in [0.5, 0.6) is 5.75 Å². The second-order valence-corrected chi connectivity index (χ2v) is 15.8. The van der Waals surface area contributed by atoms with Gasteiger partial charge in [-0.1, -0.05) is 39.8 Å². The van der Waals surface area contributed by atoms with Crippen molar-refractivity contribution in [1.82, 2.24) is 31.9 Å². The van der Waals surface area contributed by atoms with Crippen LogP contribution < -0.4 is 66.3 Å². The highest BCUT2D eigenvalue weighted by molar-refractivity contribution is 5.97. The van der Waals surface area contributed by atoms with Crippen LogP contribution in [0, 0.1) is 11.8 Å². The van der Waals surface area contributed by atoms with Gasteiger partial charge in [0.15, 0.2) is 11.9 Å². The Bertz CT molecular complexity index is 1680. The lowest BCUT2D eigenvalue weighted by atomic mass is 9.99. The Hall–Kier alpha value is -6.19. The molecular formula is C40H70N14O8. The summed E-state index contributed by atoms with van der Waals surface area (Å²) in [5.41, 5.74) is 33.5. The Balaban J connectivity index is 3.46. The van der Waals surface area contributed by atoms with Gasteiger partial charge in [-0.15, -0.1) is 0 Å². The zero-order valence-electron chi connectivity index (χ0n) is 36.6. The summed E-state index contributed by atoms with van der Waals surface area (Å²) in [6.45, 7) is 8.97. The molecule has 0 aromatic heterocycles. The lowest BCUT2D eigenvalue weighted by Crippen LogP contribution is -2.60. The van der Waals surface area contributed by atoms with Gasteiger partial charge in [0.25, 0.3) is 0 Å². The molecule has 0 radical (unpaired) electrons. The van der Waals surface area contributed by atoms with Crippen LogP contribution in [0.3, 0.4) is 0 Å². The Labute approximate surface area is 363 Å². The Morgan fingerprint density at radius 3 is 1.52 bits per heavy atom. The minimum atomic E-state index is -1.29. The normalized spacial score (nSPS) is 13.9. The summed E-state index contributed by atoms with van der Waals surface area (Å²) in [4.78, 5) is 101. The van der Waals surface area contributed by atoms with Gasteiger partial charge in [0.1, 0.15) is 42.0 Å². The van der Waals surface area contributed by atoms with Crippen LogP contribution >= 0.6 is 0 Å². The highest BCUT2D eigenvalue weighted by Gasteiger charge is 2.34. The number of nitrogens with two attached hydrogens (primary N) is 6. The van der Waals surface area contributed by atoms with Crippen LogP contribution in [0.4, 0.5) is 0 Å². The summed E-state index contributed by atoms with van der Waals surface area (Å²) in [5, 5.41) is 25.9. The number of hydrogen-bond acceptors (Lipinski definition) is 11. The molecule has 6 atom stereocenters. The number of hydrogen-bond donors (Lipinski definition) is 13. The van der Waals surface area contributed by atoms with E-state index in [0.717, 1.165) is 0 Å². The number of nitrogens with one attached hydrogen (secondary N) is 6. The van der Waals surface area contributed by atoms with E-state index in [9.17, 15) is 38.7 Å². The molecule has 22 nitrogen and oxygen atoms in total. The highest BCUT2D eigenvalue weighted by atomic mass is 16.3. The van der Waals surface area contributed by atoms with Crippen molar-refractivity contribution in [3.8, 4) is 5.75 Å². The number of carbonyl (C=O) groups is 7. The molecule has 0 aliphatic rings. The predicted octanol–water partition coefficient (Wildman–Crippen LogP) is -2.71. The van der Waals surface area contributed by atoms with Gasteiger partial charge in [0.2, 0.25) is 41.4 Å². The standard InChI is InChI=1S/C40H70N14O8/c1-22(2)20-30(49-24(5)55)36(60)53-31(21-25-13-15-26(56)16-14-25)37(61)51-29(12-9-19-48-40(45)46)35(59)54-32(23(3)4)38(62)52-28(10-6-7-17-41)34(58)50-27(33(42)57)11-8-18-47-39(43)44/h13-16,22-23,27-32,56H,6-12,17-21,41H2,1-5H3,(H2,42,57)(H,49,55)(H,50,58)(H,51,61)(H,52,62)(H,53,60)(H,54,59)(H4,43,44,47)(H4,45,46,48)/t27-,28-,29-,30-,31-,32-/m0/s1. The molecule has 0 unspecified atom stereocenters. The second kappa shape index (κ2) is 28.4. The van der Waals surface area contributed by atoms with Crippen molar-refractivity contribution >= 4 is 53.3 Å². The number of guanidine groups is 2. The van der Waals surface area contributed by atoms with E-state index in [1.165, 1.54) is 19.1 Å². The fourth-order valence-corrected chi connectivity index (χ4v) is 6.22. The SMILES string of the molecule is CC(=O)N[C@@H](CC(C)C)C(=O)N[C@@H](Cc1ccc(O)cc1)C(=O)N[C@@H](CCCN=C(N)N)C(=O)N[C@H](C(=O)N[C@@H](CCCCN)C(=O)N[C@@H](CCCN=C(N)N)C(N)=O)C(C)C. The van der Waals surface area contributed by atoms with Crippen molar-refractivity contribution in [3.05, 3.63) is 29.8 Å². The number of phenolic OH excluding ortho intramolecular Hbond substituents is 1. The Kier molecular flexibility index (Phi) is 24.6. The average Bonchev–Trinajstić information content (AvgIpc) is 3.18. The Morgan fingerprint density at radius 1 is 0.581 bits per heavy atom. The van der Waals surface area contributed by atoms with Gasteiger partial charge in [0.05, 0.1) is 0 Å². The molecule has 19 N–H and O–H groups in total. The zero-order chi connectivity index (χ0) is 46.9. The summed E-state index contributed by atoms with van der Waals surface area (Å²) in [7, 11) is 0. The molecule has 0 heterocycles. The van der Waals surface area contributed by atoms with E-state index in [2.05, 4.69) is 41.9 Å². The first-order chi connectivity index (χ1) is 29.1. The van der Waals surface area contributed by atoms with E-state index in [4.69, 9.17) is 34.4 Å². The third-order valence-corrected chi connectivity index (χ3v) is 9.42. The van der Waals surface area contributed by atoms with Crippen LogP contribution in [-0.2, 0) is 40.0 Å². The maximum atomic E-state index is 14.1. The van der Waals surface area contributed by atoms with Crippen LogP contribution in [0.15, 0.2) is 34.3 Å². The fraction of sp³-hybridized carbons (Fsp3) is 0.625. The number of rotatable bonds is 29. The number of benzene rings is 1. The number of aliphatic imine (C=N–C) groups is 2. The maximum Gasteiger partial charge on any atom is 0.243 e. The first-order valence-electron chi connectivity index (χ1n) is 20.8. The van der Waals surface area contributed by atoms with E-state index in [-0.39, 0.29) is 75.2 Å². The lowest BCUT2D eigenvalue weighted by Gasteiger charge is -2.29. The summed E-state index contributed by atoms with van der Waals surface area (Å²) in [6, 6.07) is -1.01. The minimum Gasteiger partial charge on any atom is -0.508 e. The quantitative estimate of drug-likeness (QED) is 0.0222. The van der Waals surface area contributed by atoms with E-state index in [1.807, 2.05) is 13.8 Å². The van der Waals surface area contributed by atoms with Crippen LogP contribution in [0.1, 0.15) is 91.5 Å². The fourth-order valence-electron chi connectivity index (χ4n) is 6.22. The van der Waals surface area contributed by atoms with Gasteiger partial charge >= 0.3 is 0 Å². The van der Waals surface area contributed by atoms with Crippen molar-refractivity contribution in [3.63, 3.8) is 0 Å². The summed E-state index contributed by atoms with van der Waals surface area (Å²) >= 11 is 0. The van der Waals surface area contributed by atoms with Gasteiger partial charge in [-0.2, -0.15) is 0 Å². The van der Waals surface area contributed by atoms with Crippen molar-refractivity contribution in [1.29, 1.82) is 0 Å². The molecule has 0 aliphatic heterocycles. The molecular weight excluding hydrogens is 805 g/mol. The molecule has 7 amide bonds. The van der Waals surface area contributed by atoms with Crippen molar-refractivity contribution < 1.29 is 38.7 Å². The van der Waals surface area contributed by atoms with Crippen LogP contribution in [-0.4, -0.2) is 114 Å². The number of aromatic hydroxyl groups is 1. The van der Waals surface area contributed by atoms with Gasteiger partial charge < -0.3 is 71.4 Å². The van der Waals surface area contributed by atoms with Crippen molar-refractivity contribution in [2.75, 3.05) is 19.6 Å². The molecule has 0 fully saturated rings. The summed E-state index contributed by atoms with van der Waals surface area (Å²) < 4.78 is 0. The molecule has 0 bridgehead atoms. The minimum absolute atomic E-state index is 0.00177. The van der Waals surface area contributed by atoms with Crippen LogP contribution in [0.2, 0.25) is 0 Å². The van der Waals surface area contributed by atoms with Crippen LogP contribution in [0.25, 0.3) is 0 Å². The smallest absolute Gasteiger partial charge is 0.243 e. The van der Waals surface area contributed by atoms with E-state index >= 15 is 0 Å². The molecule has 0 spiro atoms. The summed E-state index contributed by atoms with van der Waals surface area (Å²) in [5.74, 6) is -5.67. The number of unbranched alkanes of at least 4 members (excludes halogenated alkanes) is 1. The molecule has 1 rings (SSSR count). The monoisotopic (exact) mass is 875 g/mol. The van der Waals surface area contributed by atoms with E-state index in [0.29, 0.717) is 31.4 Å². The first-order valence-corrected chi connectivity index (χ1v) is 20.8. The molecule has 0 saturated heterocycles.